The Hall–Kier alpha value is -0.370. The van der Waals surface area contributed by atoms with Crippen LogP contribution in [0.1, 0.15) is 51.9 Å². The molecule has 0 aromatic rings. The molecule has 13 heavy (non-hydrogen) atoms. The molecule has 0 amide bonds. The standard InChI is InChI=1S/C11H21FO/c1-2-3-4-5-6-7-8-11(12)9-10-13/h9,13H,2-8,10H2,1H3/b11-9-. The monoisotopic (exact) mass is 188 g/mol. The quantitative estimate of drug-likeness (QED) is 0.577. The minimum Gasteiger partial charge on any atom is -0.392 e. The van der Waals surface area contributed by atoms with Gasteiger partial charge in [0.25, 0.3) is 0 Å². The fourth-order valence-corrected chi connectivity index (χ4v) is 1.28. The molecule has 0 saturated heterocycles. The summed E-state index contributed by atoms with van der Waals surface area (Å²) in [5, 5.41) is 8.39. The van der Waals surface area contributed by atoms with Gasteiger partial charge in [-0.1, -0.05) is 39.0 Å². The summed E-state index contributed by atoms with van der Waals surface area (Å²) in [6.07, 6.45) is 8.76. The highest BCUT2D eigenvalue weighted by Gasteiger charge is 1.94. The lowest BCUT2D eigenvalue weighted by atomic mass is 10.1. The largest absolute Gasteiger partial charge is 0.392 e. The maximum atomic E-state index is 12.7. The van der Waals surface area contributed by atoms with Crippen LogP contribution in [0.5, 0.6) is 0 Å². The number of aliphatic hydroxyl groups is 1. The van der Waals surface area contributed by atoms with Gasteiger partial charge in [-0.3, -0.25) is 0 Å². The minimum absolute atomic E-state index is 0.169. The molecular weight excluding hydrogens is 167 g/mol. The summed E-state index contributed by atoms with van der Waals surface area (Å²) in [4.78, 5) is 0. The van der Waals surface area contributed by atoms with Crippen LogP contribution < -0.4 is 0 Å². The molecule has 0 unspecified atom stereocenters. The van der Waals surface area contributed by atoms with E-state index in [1.165, 1.54) is 31.8 Å². The summed E-state index contributed by atoms with van der Waals surface area (Å²) in [5.41, 5.74) is 0. The molecule has 0 aliphatic heterocycles. The summed E-state index contributed by atoms with van der Waals surface area (Å²) >= 11 is 0. The van der Waals surface area contributed by atoms with Crippen molar-refractivity contribution in [3.05, 3.63) is 11.9 Å². The van der Waals surface area contributed by atoms with Gasteiger partial charge in [-0.25, -0.2) is 4.39 Å². The van der Waals surface area contributed by atoms with Crippen molar-refractivity contribution in [2.24, 2.45) is 0 Å². The summed E-state index contributed by atoms with van der Waals surface area (Å²) in [6, 6.07) is 0. The smallest absolute Gasteiger partial charge is 0.0982 e. The van der Waals surface area contributed by atoms with E-state index in [9.17, 15) is 4.39 Å². The highest BCUT2D eigenvalue weighted by Crippen LogP contribution is 2.12. The van der Waals surface area contributed by atoms with E-state index < -0.39 is 0 Å². The third-order valence-corrected chi connectivity index (χ3v) is 2.08. The van der Waals surface area contributed by atoms with Gasteiger partial charge in [0.1, 0.15) is 0 Å². The molecule has 0 bridgehead atoms. The van der Waals surface area contributed by atoms with Gasteiger partial charge in [-0.15, -0.1) is 0 Å². The normalized spacial score (nSPS) is 12.1. The maximum Gasteiger partial charge on any atom is 0.0982 e. The molecule has 78 valence electrons. The summed E-state index contributed by atoms with van der Waals surface area (Å²) in [7, 11) is 0. The van der Waals surface area contributed by atoms with Gasteiger partial charge in [0.15, 0.2) is 0 Å². The Balaban J connectivity index is 3.11. The second-order valence-electron chi connectivity index (χ2n) is 3.35. The Kier molecular flexibility index (Phi) is 9.44. The average Bonchev–Trinajstić information content (AvgIpc) is 2.11. The van der Waals surface area contributed by atoms with E-state index in [0.717, 1.165) is 12.8 Å². The molecule has 0 heterocycles. The molecule has 0 aromatic carbocycles. The third-order valence-electron chi connectivity index (χ3n) is 2.08. The fourth-order valence-electron chi connectivity index (χ4n) is 1.28. The molecule has 0 atom stereocenters. The van der Waals surface area contributed by atoms with E-state index in [4.69, 9.17) is 5.11 Å². The molecule has 2 heteroatoms. The molecule has 0 aliphatic carbocycles. The number of aliphatic hydroxyl groups excluding tert-OH is 1. The van der Waals surface area contributed by atoms with Crippen LogP contribution in [0.3, 0.4) is 0 Å². The molecule has 0 radical (unpaired) electrons. The van der Waals surface area contributed by atoms with E-state index in [-0.39, 0.29) is 12.4 Å². The maximum absolute atomic E-state index is 12.7. The predicted octanol–water partition coefficient (Wildman–Crippen LogP) is 3.58. The Morgan fingerprint density at radius 2 is 1.77 bits per heavy atom. The van der Waals surface area contributed by atoms with Crippen molar-refractivity contribution >= 4 is 0 Å². The van der Waals surface area contributed by atoms with E-state index >= 15 is 0 Å². The van der Waals surface area contributed by atoms with Crippen LogP contribution >= 0.6 is 0 Å². The van der Waals surface area contributed by atoms with Crippen LogP contribution in [0.4, 0.5) is 4.39 Å². The molecule has 0 fully saturated rings. The number of allylic oxidation sites excluding steroid dienone is 1. The zero-order chi connectivity index (χ0) is 9.94. The van der Waals surface area contributed by atoms with Crippen molar-refractivity contribution < 1.29 is 9.50 Å². The number of halogens is 1. The number of hydrogen-bond acceptors (Lipinski definition) is 1. The molecule has 0 spiro atoms. The number of rotatable bonds is 8. The minimum atomic E-state index is -0.179. The fraction of sp³-hybridized carbons (Fsp3) is 0.818. The van der Waals surface area contributed by atoms with Crippen molar-refractivity contribution in [1.29, 1.82) is 0 Å². The van der Waals surface area contributed by atoms with Crippen LogP contribution in [0.15, 0.2) is 11.9 Å². The number of unbranched alkanes of at least 4 members (excludes halogenated alkanes) is 5. The highest BCUT2D eigenvalue weighted by molar-refractivity contribution is 4.90. The van der Waals surface area contributed by atoms with Gasteiger partial charge in [-0.05, 0) is 18.9 Å². The average molecular weight is 188 g/mol. The number of hydrogen-bond donors (Lipinski definition) is 1. The Bertz CT molecular complexity index is 132. The van der Waals surface area contributed by atoms with E-state index in [1.54, 1.807) is 0 Å². The first-order valence-electron chi connectivity index (χ1n) is 5.26. The summed E-state index contributed by atoms with van der Waals surface area (Å²) in [6.45, 7) is 2.01. The van der Waals surface area contributed by atoms with Gasteiger partial charge in [0.2, 0.25) is 0 Å². The highest BCUT2D eigenvalue weighted by atomic mass is 19.1. The van der Waals surface area contributed by atoms with Crippen molar-refractivity contribution in [2.75, 3.05) is 6.61 Å². The third kappa shape index (κ3) is 9.54. The lowest BCUT2D eigenvalue weighted by Gasteiger charge is -1.99. The van der Waals surface area contributed by atoms with Gasteiger partial charge < -0.3 is 5.11 Å². The lowest BCUT2D eigenvalue weighted by Crippen LogP contribution is -1.82. The van der Waals surface area contributed by atoms with Gasteiger partial charge in [-0.2, -0.15) is 0 Å². The second-order valence-corrected chi connectivity index (χ2v) is 3.35. The Labute approximate surface area is 80.7 Å². The van der Waals surface area contributed by atoms with Crippen LogP contribution in [0.2, 0.25) is 0 Å². The van der Waals surface area contributed by atoms with E-state index in [0.29, 0.717) is 6.42 Å². The molecule has 1 N–H and O–H groups in total. The molecule has 1 nitrogen and oxygen atoms in total. The Morgan fingerprint density at radius 3 is 2.38 bits per heavy atom. The van der Waals surface area contributed by atoms with Crippen molar-refractivity contribution in [2.45, 2.75) is 51.9 Å². The molecule has 0 rings (SSSR count). The van der Waals surface area contributed by atoms with Crippen LogP contribution in [0, 0.1) is 0 Å². The first kappa shape index (κ1) is 12.6. The van der Waals surface area contributed by atoms with Crippen molar-refractivity contribution in [3.63, 3.8) is 0 Å². The molecule has 0 aliphatic rings. The zero-order valence-electron chi connectivity index (χ0n) is 8.56. The van der Waals surface area contributed by atoms with E-state index in [2.05, 4.69) is 6.92 Å². The van der Waals surface area contributed by atoms with Gasteiger partial charge >= 0.3 is 0 Å². The zero-order valence-corrected chi connectivity index (χ0v) is 8.56. The van der Waals surface area contributed by atoms with Gasteiger partial charge in [0, 0.05) is 0 Å². The second kappa shape index (κ2) is 9.72. The van der Waals surface area contributed by atoms with Crippen molar-refractivity contribution in [3.8, 4) is 0 Å². The molecular formula is C11H21FO. The summed E-state index contributed by atoms with van der Waals surface area (Å²) < 4.78 is 12.7. The van der Waals surface area contributed by atoms with Gasteiger partial charge in [0.05, 0.1) is 12.4 Å². The summed E-state index contributed by atoms with van der Waals surface area (Å²) in [5.74, 6) is -0.169. The van der Waals surface area contributed by atoms with Crippen LogP contribution in [0.25, 0.3) is 0 Å². The van der Waals surface area contributed by atoms with E-state index in [1.807, 2.05) is 0 Å². The van der Waals surface area contributed by atoms with Crippen LogP contribution in [-0.2, 0) is 0 Å². The molecule has 0 saturated carbocycles. The Morgan fingerprint density at radius 1 is 1.15 bits per heavy atom. The SMILES string of the molecule is CCCCCCCC/C(F)=C/CO. The lowest BCUT2D eigenvalue weighted by molar-refractivity contribution is 0.337. The first-order chi connectivity index (χ1) is 6.31. The first-order valence-corrected chi connectivity index (χ1v) is 5.26. The predicted molar refractivity (Wildman–Crippen MR) is 54.3 cm³/mol. The van der Waals surface area contributed by atoms with Crippen molar-refractivity contribution in [1.82, 2.24) is 0 Å². The van der Waals surface area contributed by atoms with Crippen LogP contribution in [-0.4, -0.2) is 11.7 Å². The molecule has 0 aromatic heterocycles. The topological polar surface area (TPSA) is 20.2 Å².